The van der Waals surface area contributed by atoms with Crippen LogP contribution in [0.15, 0.2) is 15.9 Å². The van der Waals surface area contributed by atoms with Crippen LogP contribution in [0.1, 0.15) is 33.2 Å². The predicted molar refractivity (Wildman–Crippen MR) is 78.0 cm³/mol. The summed E-state index contributed by atoms with van der Waals surface area (Å²) >= 11 is 0. The number of rotatable bonds is 5. The van der Waals surface area contributed by atoms with Crippen molar-refractivity contribution in [3.8, 4) is 0 Å². The van der Waals surface area contributed by atoms with Gasteiger partial charge in [-0.25, -0.2) is 9.78 Å². The molecule has 0 aromatic carbocycles. The molecular formula is C13H21N5O2. The average Bonchev–Trinajstić information content (AvgIpc) is 2.88. The summed E-state index contributed by atoms with van der Waals surface area (Å²) in [6.07, 6.45) is 2.39. The van der Waals surface area contributed by atoms with Gasteiger partial charge < -0.3 is 10.3 Å². The Bertz CT molecular complexity index is 725. The molecule has 0 aliphatic heterocycles. The van der Waals surface area contributed by atoms with Crippen molar-refractivity contribution in [2.75, 3.05) is 6.54 Å². The molecule has 110 valence electrons. The number of aromatic nitrogens is 4. The van der Waals surface area contributed by atoms with Gasteiger partial charge in [-0.15, -0.1) is 0 Å². The second-order valence-corrected chi connectivity index (χ2v) is 4.89. The van der Waals surface area contributed by atoms with Gasteiger partial charge >= 0.3 is 5.69 Å². The lowest BCUT2D eigenvalue weighted by Crippen LogP contribution is -2.40. The van der Waals surface area contributed by atoms with E-state index in [0.29, 0.717) is 30.8 Å². The van der Waals surface area contributed by atoms with Crippen LogP contribution in [0.2, 0.25) is 0 Å². The number of aryl methyl sites for hydroxylation is 1. The molecule has 0 aliphatic carbocycles. The lowest BCUT2D eigenvalue weighted by molar-refractivity contribution is 0.556. The van der Waals surface area contributed by atoms with E-state index in [1.807, 2.05) is 13.8 Å². The molecule has 2 heterocycles. The van der Waals surface area contributed by atoms with Crippen molar-refractivity contribution >= 4 is 11.2 Å². The Balaban J connectivity index is 2.90. The third-order valence-corrected chi connectivity index (χ3v) is 3.52. The molecule has 2 N–H and O–H groups in total. The standard InChI is InChI=1S/C13H21N5O2/c1-4-6-17-11-10(12(19)16(5-2)13(17)20)18(8-15-11)9(3)7-14/h8-9H,4-7,14H2,1-3H3. The van der Waals surface area contributed by atoms with Crippen LogP contribution < -0.4 is 17.0 Å². The number of nitrogens with two attached hydrogens (primary N) is 1. The molecule has 7 heteroatoms. The van der Waals surface area contributed by atoms with Crippen molar-refractivity contribution < 1.29 is 0 Å². The zero-order chi connectivity index (χ0) is 14.9. The molecule has 7 nitrogen and oxygen atoms in total. The Hall–Kier alpha value is -1.89. The summed E-state index contributed by atoms with van der Waals surface area (Å²) in [5.41, 5.74) is 5.99. The Morgan fingerprint density at radius 1 is 1.30 bits per heavy atom. The van der Waals surface area contributed by atoms with E-state index < -0.39 is 0 Å². The smallest absolute Gasteiger partial charge is 0.328 e. The molecule has 20 heavy (non-hydrogen) atoms. The van der Waals surface area contributed by atoms with Crippen molar-refractivity contribution in [3.05, 3.63) is 27.2 Å². The second kappa shape index (κ2) is 5.62. The average molecular weight is 279 g/mol. The van der Waals surface area contributed by atoms with Gasteiger partial charge in [-0.1, -0.05) is 6.92 Å². The number of fused-ring (bicyclic) bond motifs is 1. The predicted octanol–water partition coefficient (Wildman–Crippen LogP) is 0.309. The van der Waals surface area contributed by atoms with Crippen molar-refractivity contribution in [1.29, 1.82) is 0 Å². The van der Waals surface area contributed by atoms with Gasteiger partial charge in [0.05, 0.1) is 6.33 Å². The molecule has 0 saturated carbocycles. The first kappa shape index (κ1) is 14.5. The molecule has 0 saturated heterocycles. The quantitative estimate of drug-likeness (QED) is 0.853. The summed E-state index contributed by atoms with van der Waals surface area (Å²) in [5.74, 6) is 0. The zero-order valence-electron chi connectivity index (χ0n) is 12.2. The first-order valence-corrected chi connectivity index (χ1v) is 6.97. The van der Waals surface area contributed by atoms with Crippen LogP contribution in [0.25, 0.3) is 11.2 Å². The third-order valence-electron chi connectivity index (χ3n) is 3.52. The van der Waals surface area contributed by atoms with Gasteiger partial charge in [0.15, 0.2) is 11.2 Å². The van der Waals surface area contributed by atoms with Gasteiger partial charge in [0.25, 0.3) is 5.56 Å². The first-order valence-electron chi connectivity index (χ1n) is 6.97. The SMILES string of the molecule is CCCn1c(=O)n(CC)c(=O)c2c1ncn2C(C)CN. The lowest BCUT2D eigenvalue weighted by Gasteiger charge is -2.13. The normalized spacial score (nSPS) is 13.0. The van der Waals surface area contributed by atoms with E-state index in [-0.39, 0.29) is 17.3 Å². The molecule has 0 aliphatic rings. The van der Waals surface area contributed by atoms with Gasteiger partial charge in [-0.3, -0.25) is 13.9 Å². The molecule has 1 atom stereocenters. The van der Waals surface area contributed by atoms with Crippen molar-refractivity contribution in [2.24, 2.45) is 5.73 Å². The minimum absolute atomic E-state index is 0.0365. The van der Waals surface area contributed by atoms with E-state index in [4.69, 9.17) is 5.73 Å². The number of nitrogens with zero attached hydrogens (tertiary/aromatic N) is 4. The molecule has 0 spiro atoms. The lowest BCUT2D eigenvalue weighted by atomic mass is 10.3. The molecule has 0 amide bonds. The fourth-order valence-electron chi connectivity index (χ4n) is 2.36. The molecule has 2 rings (SSSR count). The monoisotopic (exact) mass is 279 g/mol. The van der Waals surface area contributed by atoms with Crippen molar-refractivity contribution in [2.45, 2.75) is 46.3 Å². The summed E-state index contributed by atoms with van der Waals surface area (Å²) < 4.78 is 4.58. The van der Waals surface area contributed by atoms with Gasteiger partial charge in [-0.05, 0) is 20.3 Å². The van der Waals surface area contributed by atoms with Gasteiger partial charge in [0.1, 0.15) is 0 Å². The summed E-state index contributed by atoms with van der Waals surface area (Å²) in [5, 5.41) is 0. The summed E-state index contributed by atoms with van der Waals surface area (Å²) in [7, 11) is 0. The van der Waals surface area contributed by atoms with E-state index >= 15 is 0 Å². The Kier molecular flexibility index (Phi) is 4.08. The minimum atomic E-state index is -0.294. The van der Waals surface area contributed by atoms with Crippen LogP contribution in [-0.2, 0) is 13.1 Å². The highest BCUT2D eigenvalue weighted by molar-refractivity contribution is 5.70. The zero-order valence-corrected chi connectivity index (χ0v) is 12.2. The number of imidazole rings is 1. The Morgan fingerprint density at radius 2 is 2.00 bits per heavy atom. The maximum Gasteiger partial charge on any atom is 0.332 e. The first-order chi connectivity index (χ1) is 9.56. The van der Waals surface area contributed by atoms with Gasteiger partial charge in [-0.2, -0.15) is 0 Å². The van der Waals surface area contributed by atoms with E-state index in [0.717, 1.165) is 6.42 Å². The van der Waals surface area contributed by atoms with Gasteiger partial charge in [0, 0.05) is 25.7 Å². The highest BCUT2D eigenvalue weighted by atomic mass is 16.2. The molecule has 0 bridgehead atoms. The van der Waals surface area contributed by atoms with Crippen LogP contribution in [0.5, 0.6) is 0 Å². The summed E-state index contributed by atoms with van der Waals surface area (Å²) in [6, 6.07) is -0.0365. The van der Waals surface area contributed by atoms with Gasteiger partial charge in [0.2, 0.25) is 0 Å². The number of hydrogen-bond donors (Lipinski definition) is 1. The van der Waals surface area contributed by atoms with Crippen LogP contribution >= 0.6 is 0 Å². The van der Waals surface area contributed by atoms with Crippen LogP contribution in [0, 0.1) is 0 Å². The fraction of sp³-hybridized carbons (Fsp3) is 0.615. The van der Waals surface area contributed by atoms with Crippen molar-refractivity contribution in [3.63, 3.8) is 0 Å². The van der Waals surface area contributed by atoms with Crippen LogP contribution in [0.3, 0.4) is 0 Å². The molecule has 0 fully saturated rings. The largest absolute Gasteiger partial charge is 0.332 e. The Morgan fingerprint density at radius 3 is 2.55 bits per heavy atom. The highest BCUT2D eigenvalue weighted by Crippen LogP contribution is 2.12. The Labute approximate surface area is 116 Å². The molecule has 0 radical (unpaired) electrons. The molecule has 2 aromatic rings. The fourth-order valence-corrected chi connectivity index (χ4v) is 2.36. The van der Waals surface area contributed by atoms with Crippen LogP contribution in [-0.4, -0.2) is 25.2 Å². The van der Waals surface area contributed by atoms with E-state index in [1.54, 1.807) is 22.4 Å². The molecule has 1 unspecified atom stereocenters. The maximum atomic E-state index is 12.5. The summed E-state index contributed by atoms with van der Waals surface area (Å²) in [4.78, 5) is 29.1. The van der Waals surface area contributed by atoms with Crippen molar-refractivity contribution in [1.82, 2.24) is 18.7 Å². The maximum absolute atomic E-state index is 12.5. The second-order valence-electron chi connectivity index (χ2n) is 4.89. The van der Waals surface area contributed by atoms with E-state index in [1.165, 1.54) is 4.57 Å². The van der Waals surface area contributed by atoms with E-state index in [2.05, 4.69) is 4.98 Å². The number of hydrogen-bond acceptors (Lipinski definition) is 4. The topological polar surface area (TPSA) is 87.8 Å². The highest BCUT2D eigenvalue weighted by Gasteiger charge is 2.18. The van der Waals surface area contributed by atoms with Crippen LogP contribution in [0.4, 0.5) is 0 Å². The summed E-state index contributed by atoms with van der Waals surface area (Å²) in [6.45, 7) is 7.00. The molecule has 2 aromatic heterocycles. The molecular weight excluding hydrogens is 258 g/mol. The third kappa shape index (κ3) is 2.07. The van der Waals surface area contributed by atoms with E-state index in [9.17, 15) is 9.59 Å². The minimum Gasteiger partial charge on any atom is -0.328 e.